The van der Waals surface area contributed by atoms with E-state index in [-0.39, 0.29) is 6.04 Å². The lowest BCUT2D eigenvalue weighted by molar-refractivity contribution is 0.208. The Hall–Kier alpha value is -0.170. The van der Waals surface area contributed by atoms with Gasteiger partial charge in [-0.25, -0.2) is 0 Å². The molecule has 0 bridgehead atoms. The molecule has 19 heavy (non-hydrogen) atoms. The molecule has 0 aromatic carbocycles. The number of hydrogen-bond acceptors (Lipinski definition) is 3. The van der Waals surface area contributed by atoms with Crippen LogP contribution in [0.15, 0.2) is 0 Å². The van der Waals surface area contributed by atoms with Crippen molar-refractivity contribution in [2.45, 2.75) is 51.5 Å². The van der Waals surface area contributed by atoms with E-state index in [0.717, 1.165) is 38.5 Å². The fourth-order valence-corrected chi connectivity index (χ4v) is 5.04. The summed E-state index contributed by atoms with van der Waals surface area (Å²) in [7, 11) is -3.27. The molecule has 2 fully saturated rings. The largest absolute Gasteiger partial charge is 0.330 e. The maximum Gasteiger partial charge on any atom is 0.282 e. The number of nitrogens with two attached hydrogens (primary N) is 1. The summed E-state index contributed by atoms with van der Waals surface area (Å²) in [6.07, 6.45) is 5.80. The molecule has 2 aliphatic heterocycles. The molecule has 2 rings (SSSR count). The van der Waals surface area contributed by atoms with Gasteiger partial charge in [-0.05, 0) is 44.6 Å². The molecule has 0 amide bonds. The molecule has 1 atom stereocenters. The highest BCUT2D eigenvalue weighted by Gasteiger charge is 2.37. The Balaban J connectivity index is 2.08. The summed E-state index contributed by atoms with van der Waals surface area (Å²) < 4.78 is 28.9. The summed E-state index contributed by atoms with van der Waals surface area (Å²) in [6.45, 7) is 4.78. The lowest BCUT2D eigenvalue weighted by Crippen LogP contribution is -2.52. The summed E-state index contributed by atoms with van der Waals surface area (Å²) in [5.74, 6) is 0.646. The highest BCUT2D eigenvalue weighted by atomic mass is 32.2. The van der Waals surface area contributed by atoms with Crippen LogP contribution in [0.3, 0.4) is 0 Å². The number of nitrogens with zero attached hydrogens (tertiary/aromatic N) is 2. The predicted octanol–water partition coefficient (Wildman–Crippen LogP) is 1.17. The van der Waals surface area contributed by atoms with E-state index in [1.807, 2.05) is 0 Å². The SMILES string of the molecule is CC1CCN(S(=O)(=O)N2CCCCC2CCN)CC1. The van der Waals surface area contributed by atoms with Crippen LogP contribution in [0.2, 0.25) is 0 Å². The van der Waals surface area contributed by atoms with Crippen LogP contribution >= 0.6 is 0 Å². The first-order chi connectivity index (χ1) is 9.05. The second-order valence-corrected chi connectivity index (χ2v) is 7.81. The quantitative estimate of drug-likeness (QED) is 0.844. The van der Waals surface area contributed by atoms with Gasteiger partial charge in [0.1, 0.15) is 0 Å². The Morgan fingerprint density at radius 1 is 1.11 bits per heavy atom. The van der Waals surface area contributed by atoms with Gasteiger partial charge in [0.15, 0.2) is 0 Å². The highest BCUT2D eigenvalue weighted by molar-refractivity contribution is 7.86. The molecule has 1 unspecified atom stereocenters. The van der Waals surface area contributed by atoms with Gasteiger partial charge in [0.05, 0.1) is 0 Å². The maximum atomic E-state index is 12.7. The van der Waals surface area contributed by atoms with Crippen molar-refractivity contribution in [1.29, 1.82) is 0 Å². The first kappa shape index (κ1) is 15.2. The molecule has 0 aromatic rings. The molecule has 0 aromatic heterocycles. The van der Waals surface area contributed by atoms with Crippen molar-refractivity contribution in [2.24, 2.45) is 11.7 Å². The van der Waals surface area contributed by atoms with Gasteiger partial charge in [-0.2, -0.15) is 17.0 Å². The first-order valence-corrected chi connectivity index (χ1v) is 8.92. The molecule has 2 heterocycles. The van der Waals surface area contributed by atoms with Crippen molar-refractivity contribution < 1.29 is 8.42 Å². The van der Waals surface area contributed by atoms with Gasteiger partial charge in [0, 0.05) is 25.7 Å². The van der Waals surface area contributed by atoms with Crippen LogP contribution in [-0.2, 0) is 10.2 Å². The minimum absolute atomic E-state index is 0.114. The standard InChI is InChI=1S/C13H27N3O2S/c1-12-6-10-15(11-7-12)19(17,18)16-9-3-2-4-13(16)5-8-14/h12-13H,2-11,14H2,1H3. The van der Waals surface area contributed by atoms with E-state index in [9.17, 15) is 8.42 Å². The van der Waals surface area contributed by atoms with Crippen LogP contribution in [0.1, 0.15) is 45.4 Å². The Morgan fingerprint density at radius 3 is 2.42 bits per heavy atom. The van der Waals surface area contributed by atoms with E-state index in [2.05, 4.69) is 6.92 Å². The third kappa shape index (κ3) is 3.48. The second-order valence-electron chi connectivity index (χ2n) is 5.93. The lowest BCUT2D eigenvalue weighted by atomic mass is 10.0. The zero-order valence-corrected chi connectivity index (χ0v) is 12.7. The van der Waals surface area contributed by atoms with Gasteiger partial charge in [0.2, 0.25) is 0 Å². The predicted molar refractivity (Wildman–Crippen MR) is 76.9 cm³/mol. The number of piperidine rings is 2. The topological polar surface area (TPSA) is 66.6 Å². The molecular weight excluding hydrogens is 262 g/mol. The van der Waals surface area contributed by atoms with Crippen LogP contribution in [0.5, 0.6) is 0 Å². The maximum absolute atomic E-state index is 12.7. The van der Waals surface area contributed by atoms with Gasteiger partial charge in [-0.3, -0.25) is 0 Å². The number of hydrogen-bond donors (Lipinski definition) is 1. The fourth-order valence-electron chi connectivity index (χ4n) is 3.12. The summed E-state index contributed by atoms with van der Waals surface area (Å²) in [5.41, 5.74) is 5.63. The third-order valence-electron chi connectivity index (χ3n) is 4.44. The first-order valence-electron chi connectivity index (χ1n) is 7.52. The third-order valence-corrected chi connectivity index (χ3v) is 6.53. The lowest BCUT2D eigenvalue weighted by Gasteiger charge is -2.39. The summed E-state index contributed by atoms with van der Waals surface area (Å²) >= 11 is 0. The monoisotopic (exact) mass is 289 g/mol. The van der Waals surface area contributed by atoms with Crippen molar-refractivity contribution in [1.82, 2.24) is 8.61 Å². The minimum Gasteiger partial charge on any atom is -0.330 e. The zero-order valence-electron chi connectivity index (χ0n) is 11.9. The molecule has 112 valence electrons. The molecular formula is C13H27N3O2S. The van der Waals surface area contributed by atoms with Gasteiger partial charge in [0.25, 0.3) is 10.2 Å². The molecule has 5 nitrogen and oxygen atoms in total. The molecule has 0 aliphatic carbocycles. The molecule has 2 aliphatic rings. The molecule has 2 saturated heterocycles. The van der Waals surface area contributed by atoms with Crippen LogP contribution in [0, 0.1) is 5.92 Å². The van der Waals surface area contributed by atoms with E-state index in [4.69, 9.17) is 5.73 Å². The molecule has 0 radical (unpaired) electrons. The van der Waals surface area contributed by atoms with Crippen molar-refractivity contribution in [3.63, 3.8) is 0 Å². The Morgan fingerprint density at radius 2 is 1.79 bits per heavy atom. The summed E-state index contributed by atoms with van der Waals surface area (Å²) in [4.78, 5) is 0. The number of rotatable bonds is 4. The van der Waals surface area contributed by atoms with E-state index in [1.54, 1.807) is 8.61 Å². The highest BCUT2D eigenvalue weighted by Crippen LogP contribution is 2.27. The van der Waals surface area contributed by atoms with Crippen molar-refractivity contribution >= 4 is 10.2 Å². The molecule has 0 saturated carbocycles. The summed E-state index contributed by atoms with van der Waals surface area (Å²) in [5, 5.41) is 0. The van der Waals surface area contributed by atoms with Gasteiger partial charge in [-0.1, -0.05) is 13.3 Å². The smallest absolute Gasteiger partial charge is 0.282 e. The average molecular weight is 289 g/mol. The fraction of sp³-hybridized carbons (Fsp3) is 1.00. The van der Waals surface area contributed by atoms with Crippen molar-refractivity contribution in [2.75, 3.05) is 26.2 Å². The van der Waals surface area contributed by atoms with E-state index in [1.165, 1.54) is 0 Å². The molecule has 6 heteroatoms. The van der Waals surface area contributed by atoms with Gasteiger partial charge in [-0.15, -0.1) is 0 Å². The normalized spacial score (nSPS) is 28.6. The molecule has 2 N–H and O–H groups in total. The van der Waals surface area contributed by atoms with Crippen molar-refractivity contribution in [3.8, 4) is 0 Å². The average Bonchev–Trinajstić information content (AvgIpc) is 2.40. The Bertz CT molecular complexity index is 375. The van der Waals surface area contributed by atoms with Crippen LogP contribution in [0.4, 0.5) is 0 Å². The van der Waals surface area contributed by atoms with Crippen molar-refractivity contribution in [3.05, 3.63) is 0 Å². The van der Waals surface area contributed by atoms with Crippen LogP contribution in [-0.4, -0.2) is 49.2 Å². The van der Waals surface area contributed by atoms with E-state index in [0.29, 0.717) is 32.1 Å². The summed E-state index contributed by atoms with van der Waals surface area (Å²) in [6, 6.07) is 0.114. The second kappa shape index (κ2) is 6.52. The van der Waals surface area contributed by atoms with Crippen LogP contribution in [0.25, 0.3) is 0 Å². The van der Waals surface area contributed by atoms with Gasteiger partial charge >= 0.3 is 0 Å². The zero-order chi connectivity index (χ0) is 13.9. The van der Waals surface area contributed by atoms with E-state index >= 15 is 0 Å². The Kier molecular flexibility index (Phi) is 5.22. The van der Waals surface area contributed by atoms with Gasteiger partial charge < -0.3 is 5.73 Å². The molecule has 0 spiro atoms. The minimum atomic E-state index is -3.27. The van der Waals surface area contributed by atoms with E-state index < -0.39 is 10.2 Å². The Labute approximate surface area is 117 Å². The van der Waals surface area contributed by atoms with Crippen LogP contribution < -0.4 is 5.73 Å².